The van der Waals surface area contributed by atoms with E-state index in [0.717, 1.165) is 23.0 Å². The Balaban J connectivity index is 2.51. The number of rotatable bonds is 3. The molecule has 5 nitrogen and oxygen atoms in total. The molecule has 0 fully saturated rings. The molecule has 0 aliphatic rings. The Morgan fingerprint density at radius 3 is 2.72 bits per heavy atom. The minimum absolute atomic E-state index is 0.444. The Labute approximate surface area is 114 Å². The number of hydrogen-bond donors (Lipinski definition) is 1. The maximum atomic E-state index is 5.89. The van der Waals surface area contributed by atoms with Gasteiger partial charge in [-0.15, -0.1) is 0 Å². The van der Waals surface area contributed by atoms with Gasteiger partial charge in [-0.1, -0.05) is 13.3 Å². The molecule has 0 aromatic carbocycles. The van der Waals surface area contributed by atoms with Crippen LogP contribution in [0.1, 0.15) is 24.9 Å². The van der Waals surface area contributed by atoms with Crippen LogP contribution in [0.5, 0.6) is 0 Å². The number of hydrogen-bond acceptors (Lipinski definition) is 5. The lowest BCUT2D eigenvalue weighted by Gasteiger charge is -2.08. The third-order valence-corrected chi connectivity index (χ3v) is 3.30. The normalized spacial score (nSPS) is 10.6. The molecule has 0 saturated heterocycles. The topological polar surface area (TPSA) is 77.6 Å². The monoisotopic (exact) mass is 307 g/mol. The van der Waals surface area contributed by atoms with Gasteiger partial charge in [-0.25, -0.2) is 19.9 Å². The predicted molar refractivity (Wildman–Crippen MR) is 73.9 cm³/mol. The summed E-state index contributed by atoms with van der Waals surface area (Å²) < 4.78 is 0.777. The van der Waals surface area contributed by atoms with Gasteiger partial charge in [-0.3, -0.25) is 0 Å². The largest absolute Gasteiger partial charge is 0.383 e. The van der Waals surface area contributed by atoms with E-state index in [-0.39, 0.29) is 0 Å². The summed E-state index contributed by atoms with van der Waals surface area (Å²) in [7, 11) is 0. The van der Waals surface area contributed by atoms with Gasteiger partial charge in [0.1, 0.15) is 17.3 Å². The van der Waals surface area contributed by atoms with Crippen molar-refractivity contribution in [3.63, 3.8) is 0 Å². The van der Waals surface area contributed by atoms with Crippen LogP contribution in [0.15, 0.2) is 16.7 Å². The van der Waals surface area contributed by atoms with E-state index >= 15 is 0 Å². The lowest BCUT2D eigenvalue weighted by atomic mass is 10.2. The summed E-state index contributed by atoms with van der Waals surface area (Å²) in [6.07, 6.45) is 3.54. The van der Waals surface area contributed by atoms with Gasteiger partial charge in [-0.2, -0.15) is 0 Å². The zero-order valence-corrected chi connectivity index (χ0v) is 11.9. The van der Waals surface area contributed by atoms with Crippen molar-refractivity contribution in [2.45, 2.75) is 26.7 Å². The van der Waals surface area contributed by atoms with Crippen LogP contribution in [0.4, 0.5) is 5.82 Å². The first kappa shape index (κ1) is 12.9. The smallest absolute Gasteiger partial charge is 0.180 e. The Morgan fingerprint density at radius 1 is 1.28 bits per heavy atom. The average Bonchev–Trinajstić information content (AvgIpc) is 2.35. The van der Waals surface area contributed by atoms with Gasteiger partial charge in [0, 0.05) is 6.20 Å². The first-order chi connectivity index (χ1) is 8.61. The molecular weight excluding hydrogens is 294 g/mol. The zero-order chi connectivity index (χ0) is 13.1. The first-order valence-corrected chi connectivity index (χ1v) is 6.53. The van der Waals surface area contributed by atoms with Gasteiger partial charge in [0.25, 0.3) is 0 Å². The van der Waals surface area contributed by atoms with Crippen molar-refractivity contribution >= 4 is 21.7 Å². The highest BCUT2D eigenvalue weighted by molar-refractivity contribution is 9.10. The highest BCUT2D eigenvalue weighted by atomic mass is 79.9. The highest BCUT2D eigenvalue weighted by Crippen LogP contribution is 2.25. The third-order valence-electron chi connectivity index (χ3n) is 2.44. The second-order valence-electron chi connectivity index (χ2n) is 3.93. The van der Waals surface area contributed by atoms with Crippen molar-refractivity contribution in [1.82, 2.24) is 19.9 Å². The molecule has 2 aromatic heterocycles. The number of nitrogens with two attached hydrogens (primary N) is 1. The number of nitrogen functional groups attached to an aromatic ring is 1. The van der Waals surface area contributed by atoms with Crippen LogP contribution in [0, 0.1) is 6.92 Å². The van der Waals surface area contributed by atoms with Crippen molar-refractivity contribution < 1.29 is 0 Å². The molecule has 0 aliphatic carbocycles. The van der Waals surface area contributed by atoms with Crippen LogP contribution in [0.2, 0.25) is 0 Å². The fourth-order valence-electron chi connectivity index (χ4n) is 1.61. The summed E-state index contributed by atoms with van der Waals surface area (Å²) in [5, 5.41) is 0. The average molecular weight is 308 g/mol. The molecule has 2 N–H and O–H groups in total. The molecule has 0 unspecified atom stereocenters. The van der Waals surface area contributed by atoms with Crippen LogP contribution in [-0.2, 0) is 6.42 Å². The quantitative estimate of drug-likeness (QED) is 0.943. The molecule has 0 saturated carbocycles. The fraction of sp³-hybridized carbons (Fsp3) is 0.333. The molecule has 0 amide bonds. The third kappa shape index (κ3) is 2.64. The van der Waals surface area contributed by atoms with E-state index in [2.05, 4.69) is 42.8 Å². The summed E-state index contributed by atoms with van der Waals surface area (Å²) in [4.78, 5) is 17.1. The van der Waals surface area contributed by atoms with Gasteiger partial charge in [0.15, 0.2) is 5.82 Å². The fourth-order valence-corrected chi connectivity index (χ4v) is 1.99. The molecule has 0 atom stereocenters. The van der Waals surface area contributed by atoms with E-state index in [4.69, 9.17) is 5.73 Å². The Morgan fingerprint density at radius 2 is 2.06 bits per heavy atom. The zero-order valence-electron chi connectivity index (χ0n) is 10.3. The maximum absolute atomic E-state index is 5.89. The molecule has 6 heteroatoms. The Bertz CT molecular complexity index is 570. The molecule has 0 radical (unpaired) electrons. The minimum atomic E-state index is 0.444. The van der Waals surface area contributed by atoms with E-state index in [1.54, 1.807) is 12.3 Å². The van der Waals surface area contributed by atoms with Crippen LogP contribution < -0.4 is 5.73 Å². The second kappa shape index (κ2) is 5.39. The van der Waals surface area contributed by atoms with Gasteiger partial charge >= 0.3 is 0 Å². The Hall–Kier alpha value is -1.56. The summed E-state index contributed by atoms with van der Waals surface area (Å²) in [5.74, 6) is 1.68. The molecule has 18 heavy (non-hydrogen) atoms. The van der Waals surface area contributed by atoms with Gasteiger partial charge in [0.2, 0.25) is 0 Å². The molecule has 2 heterocycles. The molecule has 2 aromatic rings. The first-order valence-electron chi connectivity index (χ1n) is 5.73. The van der Waals surface area contributed by atoms with Gasteiger partial charge < -0.3 is 5.73 Å². The van der Waals surface area contributed by atoms with Crippen LogP contribution >= 0.6 is 15.9 Å². The van der Waals surface area contributed by atoms with E-state index in [1.807, 2.05) is 6.92 Å². The lowest BCUT2D eigenvalue weighted by molar-refractivity contribution is 0.867. The van der Waals surface area contributed by atoms with Crippen molar-refractivity contribution in [2.24, 2.45) is 0 Å². The summed E-state index contributed by atoms with van der Waals surface area (Å²) in [6.45, 7) is 3.93. The van der Waals surface area contributed by atoms with E-state index in [0.29, 0.717) is 23.2 Å². The standard InChI is InChI=1S/C12H14BrN5/c1-3-4-8-10(13)11(14)18-12(17-8)9-5-6-15-7(2)16-9/h5-6H,3-4H2,1-2H3,(H2,14,17,18). The summed E-state index contributed by atoms with van der Waals surface area (Å²) >= 11 is 3.42. The van der Waals surface area contributed by atoms with Gasteiger partial charge in [0.05, 0.1) is 10.2 Å². The van der Waals surface area contributed by atoms with E-state index in [9.17, 15) is 0 Å². The molecule has 94 valence electrons. The highest BCUT2D eigenvalue weighted by Gasteiger charge is 2.11. The number of nitrogens with zero attached hydrogens (tertiary/aromatic N) is 4. The lowest BCUT2D eigenvalue weighted by Crippen LogP contribution is -2.04. The minimum Gasteiger partial charge on any atom is -0.383 e. The van der Waals surface area contributed by atoms with Crippen molar-refractivity contribution in [3.05, 3.63) is 28.3 Å². The molecule has 0 bridgehead atoms. The number of anilines is 1. The van der Waals surface area contributed by atoms with E-state index in [1.165, 1.54) is 0 Å². The number of halogens is 1. The predicted octanol–water partition coefficient (Wildman–Crippen LogP) is 2.54. The molecule has 0 aliphatic heterocycles. The molecule has 2 rings (SSSR count). The molecule has 0 spiro atoms. The van der Waals surface area contributed by atoms with Crippen LogP contribution in [0.25, 0.3) is 11.5 Å². The maximum Gasteiger partial charge on any atom is 0.180 e. The SMILES string of the molecule is CCCc1nc(-c2ccnc(C)n2)nc(N)c1Br. The van der Waals surface area contributed by atoms with Crippen molar-refractivity contribution in [2.75, 3.05) is 5.73 Å². The molecular formula is C12H14BrN5. The number of aromatic nitrogens is 4. The Kier molecular flexibility index (Phi) is 3.86. The van der Waals surface area contributed by atoms with E-state index < -0.39 is 0 Å². The van der Waals surface area contributed by atoms with Crippen molar-refractivity contribution in [3.8, 4) is 11.5 Å². The van der Waals surface area contributed by atoms with Crippen LogP contribution in [-0.4, -0.2) is 19.9 Å². The summed E-state index contributed by atoms with van der Waals surface area (Å²) in [6, 6.07) is 1.78. The van der Waals surface area contributed by atoms with Crippen molar-refractivity contribution in [1.29, 1.82) is 0 Å². The van der Waals surface area contributed by atoms with Gasteiger partial charge in [-0.05, 0) is 35.3 Å². The second-order valence-corrected chi connectivity index (χ2v) is 4.73. The van der Waals surface area contributed by atoms with Crippen LogP contribution in [0.3, 0.4) is 0 Å². The summed E-state index contributed by atoms with van der Waals surface area (Å²) in [5.41, 5.74) is 7.49. The number of aryl methyl sites for hydroxylation is 2.